The van der Waals surface area contributed by atoms with E-state index in [4.69, 9.17) is 4.52 Å². The Morgan fingerprint density at radius 3 is 2.59 bits per heavy atom. The van der Waals surface area contributed by atoms with E-state index in [-0.39, 0.29) is 0 Å². The molecule has 3 rings (SSSR count). The van der Waals surface area contributed by atoms with E-state index in [0.717, 1.165) is 21.6 Å². The van der Waals surface area contributed by atoms with Gasteiger partial charge in [-0.3, -0.25) is 0 Å². The molecule has 3 aromatic rings. The lowest BCUT2D eigenvalue weighted by Crippen LogP contribution is -2.02. The van der Waals surface area contributed by atoms with Crippen LogP contribution in [-0.4, -0.2) is 15.1 Å². The van der Waals surface area contributed by atoms with E-state index in [9.17, 15) is 0 Å². The Kier molecular flexibility index (Phi) is 4.06. The number of rotatable bonds is 4. The molecule has 0 radical (unpaired) electrons. The van der Waals surface area contributed by atoms with Gasteiger partial charge in [0.05, 0.1) is 0 Å². The highest BCUT2D eigenvalue weighted by Crippen LogP contribution is 2.21. The number of aryl methyl sites for hydroxylation is 2. The van der Waals surface area contributed by atoms with E-state index in [1.807, 2.05) is 44.2 Å². The molecule has 2 aromatic heterocycles. The minimum absolute atomic E-state index is 0.515. The first-order chi connectivity index (χ1) is 10.6. The Hall–Kier alpha value is -2.41. The van der Waals surface area contributed by atoms with Crippen LogP contribution in [0.1, 0.15) is 11.5 Å². The van der Waals surface area contributed by atoms with Crippen LogP contribution in [-0.2, 0) is 0 Å². The normalized spacial score (nSPS) is 10.5. The molecular formula is C15H14BrN5O. The number of benzene rings is 1. The highest BCUT2D eigenvalue weighted by Gasteiger charge is 2.06. The summed E-state index contributed by atoms with van der Waals surface area (Å²) >= 11 is 3.44. The third kappa shape index (κ3) is 3.62. The Bertz CT molecular complexity index is 802. The fraction of sp³-hybridized carbons (Fsp3) is 0.133. The van der Waals surface area contributed by atoms with Crippen molar-refractivity contribution in [2.75, 3.05) is 10.6 Å². The lowest BCUT2D eigenvalue weighted by molar-refractivity contribution is 0.400. The fourth-order valence-electron chi connectivity index (χ4n) is 1.94. The molecule has 0 atom stereocenters. The van der Waals surface area contributed by atoms with E-state index >= 15 is 0 Å². The monoisotopic (exact) mass is 359 g/mol. The molecule has 6 nitrogen and oxygen atoms in total. The molecule has 1 aromatic carbocycles. The fourth-order valence-corrected chi connectivity index (χ4v) is 2.34. The summed E-state index contributed by atoms with van der Waals surface area (Å²) < 4.78 is 6.02. The smallest absolute Gasteiger partial charge is 0.229 e. The predicted octanol–water partition coefficient (Wildman–Crippen LogP) is 4.33. The van der Waals surface area contributed by atoms with Crippen molar-refractivity contribution in [2.45, 2.75) is 13.8 Å². The van der Waals surface area contributed by atoms with Crippen LogP contribution in [0.15, 0.2) is 45.4 Å². The SMILES string of the molecule is Cc1cc(Nc2cc(C)on2)nc(Nc2cccc(Br)c2)n1. The van der Waals surface area contributed by atoms with Crippen molar-refractivity contribution in [1.82, 2.24) is 15.1 Å². The van der Waals surface area contributed by atoms with Gasteiger partial charge in [-0.2, -0.15) is 4.98 Å². The van der Waals surface area contributed by atoms with Crippen molar-refractivity contribution in [3.8, 4) is 0 Å². The van der Waals surface area contributed by atoms with Gasteiger partial charge in [-0.1, -0.05) is 27.2 Å². The standard InChI is InChI=1S/C15H14BrN5O/c1-9-6-13(19-14-7-10(2)22-21-14)20-15(17-9)18-12-5-3-4-11(16)8-12/h3-8H,1-2H3,(H2,17,18,19,20,21). The first-order valence-electron chi connectivity index (χ1n) is 6.67. The Balaban J connectivity index is 1.83. The molecule has 0 aliphatic carbocycles. The summed E-state index contributed by atoms with van der Waals surface area (Å²) in [6.45, 7) is 3.75. The van der Waals surface area contributed by atoms with Crippen LogP contribution in [0.4, 0.5) is 23.3 Å². The second kappa shape index (κ2) is 6.15. The molecule has 0 amide bonds. The molecule has 0 aliphatic heterocycles. The van der Waals surface area contributed by atoms with Gasteiger partial charge in [0.2, 0.25) is 5.95 Å². The first-order valence-corrected chi connectivity index (χ1v) is 7.46. The van der Waals surface area contributed by atoms with Crippen LogP contribution in [0.3, 0.4) is 0 Å². The van der Waals surface area contributed by atoms with Gasteiger partial charge in [-0.25, -0.2) is 4.98 Å². The van der Waals surface area contributed by atoms with Gasteiger partial charge in [0.25, 0.3) is 0 Å². The summed E-state index contributed by atoms with van der Waals surface area (Å²) in [7, 11) is 0. The third-order valence-corrected chi connectivity index (χ3v) is 3.31. The number of nitrogens with zero attached hydrogens (tertiary/aromatic N) is 3. The molecule has 0 aliphatic rings. The summed E-state index contributed by atoms with van der Waals surface area (Å²) in [5, 5.41) is 10.2. The van der Waals surface area contributed by atoms with Crippen molar-refractivity contribution in [2.24, 2.45) is 0 Å². The zero-order chi connectivity index (χ0) is 15.5. The molecule has 0 spiro atoms. The van der Waals surface area contributed by atoms with Crippen molar-refractivity contribution < 1.29 is 4.52 Å². The molecule has 0 saturated carbocycles. The second-order valence-electron chi connectivity index (χ2n) is 4.80. The van der Waals surface area contributed by atoms with Crippen molar-refractivity contribution >= 4 is 39.2 Å². The number of halogens is 1. The lowest BCUT2D eigenvalue weighted by atomic mass is 10.3. The Morgan fingerprint density at radius 2 is 1.86 bits per heavy atom. The maximum Gasteiger partial charge on any atom is 0.229 e. The second-order valence-corrected chi connectivity index (χ2v) is 5.72. The molecular weight excluding hydrogens is 346 g/mol. The van der Waals surface area contributed by atoms with Crippen LogP contribution in [0, 0.1) is 13.8 Å². The van der Waals surface area contributed by atoms with E-state index in [1.165, 1.54) is 0 Å². The molecule has 0 fully saturated rings. The molecule has 112 valence electrons. The number of hydrogen-bond acceptors (Lipinski definition) is 6. The van der Waals surface area contributed by atoms with Gasteiger partial charge in [-0.15, -0.1) is 0 Å². The maximum atomic E-state index is 5.03. The van der Waals surface area contributed by atoms with Gasteiger partial charge in [-0.05, 0) is 32.0 Å². The van der Waals surface area contributed by atoms with E-state index in [2.05, 4.69) is 41.7 Å². The minimum Gasteiger partial charge on any atom is -0.360 e. The molecule has 2 heterocycles. The average molecular weight is 360 g/mol. The van der Waals surface area contributed by atoms with Gasteiger partial charge in [0.1, 0.15) is 11.6 Å². The summed E-state index contributed by atoms with van der Waals surface area (Å²) in [5.74, 6) is 2.52. The highest BCUT2D eigenvalue weighted by molar-refractivity contribution is 9.10. The van der Waals surface area contributed by atoms with Crippen LogP contribution in [0.5, 0.6) is 0 Å². The van der Waals surface area contributed by atoms with Gasteiger partial charge in [0, 0.05) is 28.0 Å². The zero-order valence-electron chi connectivity index (χ0n) is 12.1. The largest absolute Gasteiger partial charge is 0.360 e. The molecule has 0 unspecified atom stereocenters. The van der Waals surface area contributed by atoms with Gasteiger partial charge >= 0.3 is 0 Å². The first kappa shape index (κ1) is 14.5. The molecule has 0 saturated heterocycles. The highest BCUT2D eigenvalue weighted by atomic mass is 79.9. The van der Waals surface area contributed by atoms with Crippen molar-refractivity contribution in [3.05, 3.63) is 52.3 Å². The summed E-state index contributed by atoms with van der Waals surface area (Å²) in [6.07, 6.45) is 0. The quantitative estimate of drug-likeness (QED) is 0.721. The summed E-state index contributed by atoms with van der Waals surface area (Å²) in [5.41, 5.74) is 1.75. The molecule has 22 heavy (non-hydrogen) atoms. The Labute approximate surface area is 136 Å². The van der Waals surface area contributed by atoms with E-state index in [0.29, 0.717) is 17.6 Å². The minimum atomic E-state index is 0.515. The number of nitrogens with one attached hydrogen (secondary N) is 2. The van der Waals surface area contributed by atoms with E-state index < -0.39 is 0 Å². The Morgan fingerprint density at radius 1 is 1.00 bits per heavy atom. The summed E-state index contributed by atoms with van der Waals surface area (Å²) in [6, 6.07) is 11.5. The van der Waals surface area contributed by atoms with Crippen LogP contribution in [0.25, 0.3) is 0 Å². The van der Waals surface area contributed by atoms with Crippen LogP contribution >= 0.6 is 15.9 Å². The number of aromatic nitrogens is 3. The predicted molar refractivity (Wildman–Crippen MR) is 88.7 cm³/mol. The molecule has 7 heteroatoms. The number of anilines is 4. The van der Waals surface area contributed by atoms with Crippen molar-refractivity contribution in [1.29, 1.82) is 0 Å². The number of hydrogen-bond donors (Lipinski definition) is 2. The summed E-state index contributed by atoms with van der Waals surface area (Å²) in [4.78, 5) is 8.82. The molecule has 2 N–H and O–H groups in total. The topological polar surface area (TPSA) is 75.9 Å². The van der Waals surface area contributed by atoms with Gasteiger partial charge < -0.3 is 15.2 Å². The molecule has 0 bridgehead atoms. The van der Waals surface area contributed by atoms with E-state index in [1.54, 1.807) is 6.07 Å². The van der Waals surface area contributed by atoms with Crippen LogP contribution < -0.4 is 10.6 Å². The van der Waals surface area contributed by atoms with Crippen LogP contribution in [0.2, 0.25) is 0 Å². The average Bonchev–Trinajstić information content (AvgIpc) is 2.83. The maximum absolute atomic E-state index is 5.03. The van der Waals surface area contributed by atoms with Crippen molar-refractivity contribution in [3.63, 3.8) is 0 Å². The zero-order valence-corrected chi connectivity index (χ0v) is 13.7. The lowest BCUT2D eigenvalue weighted by Gasteiger charge is -2.08. The van der Waals surface area contributed by atoms with Gasteiger partial charge in [0.15, 0.2) is 5.82 Å². The third-order valence-electron chi connectivity index (χ3n) is 2.82.